The summed E-state index contributed by atoms with van der Waals surface area (Å²) in [6, 6.07) is 23.2. The molecule has 4 aliphatic heterocycles. The monoisotopic (exact) mass is 1250 g/mol. The summed E-state index contributed by atoms with van der Waals surface area (Å²) in [5.74, 6) is 1.31. The molecule has 4 aromatic carbocycles. The number of benzene rings is 4. The van der Waals surface area contributed by atoms with Gasteiger partial charge in [0.2, 0.25) is 31.9 Å². The smallest absolute Gasteiger partial charge is 0.236 e. The van der Waals surface area contributed by atoms with Gasteiger partial charge in [-0.3, -0.25) is 14.5 Å². The van der Waals surface area contributed by atoms with Gasteiger partial charge in [0.05, 0.1) is 19.1 Å². The minimum absolute atomic E-state index is 0.157. The molecule has 4 aromatic heterocycles. The molecule has 2 amide bonds. The molecule has 4 saturated heterocycles. The van der Waals surface area contributed by atoms with Crippen LogP contribution in [0.5, 0.6) is 0 Å². The molecule has 23 heteroatoms. The fourth-order valence-corrected chi connectivity index (χ4v) is 13.9. The van der Waals surface area contributed by atoms with Crippen molar-refractivity contribution < 1.29 is 26.4 Å². The summed E-state index contributed by atoms with van der Waals surface area (Å²) in [5, 5.41) is 6.27. The number of halogens is 2. The summed E-state index contributed by atoms with van der Waals surface area (Å²) in [5.41, 5.74) is 13.0. The van der Waals surface area contributed by atoms with Gasteiger partial charge < -0.3 is 49.3 Å². The molecule has 4 N–H and O–H groups in total. The van der Waals surface area contributed by atoms with Crippen LogP contribution in [-0.2, 0) is 29.6 Å². The van der Waals surface area contributed by atoms with Crippen molar-refractivity contribution in [3.8, 4) is 0 Å². The molecule has 4 aliphatic rings. The Morgan fingerprint density at radius 2 is 0.884 bits per heavy atom. The highest BCUT2D eigenvalue weighted by Gasteiger charge is 2.28. The first kappa shape index (κ1) is 64.0. The quantitative estimate of drug-likeness (QED) is 0.102. The predicted molar refractivity (Wildman–Crippen MR) is 355 cm³/mol. The number of anilines is 4. The third-order valence-electron chi connectivity index (χ3n) is 16.9. The van der Waals surface area contributed by atoms with Gasteiger partial charge in [0, 0.05) is 227 Å². The van der Waals surface area contributed by atoms with E-state index in [0.29, 0.717) is 62.7 Å². The Kier molecular flexibility index (Phi) is 20.3. The molecule has 0 saturated carbocycles. The molecule has 8 heterocycles. The molecule has 0 spiro atoms. The number of nitrogens with zero attached hydrogens (tertiary/aromatic N) is 9. The molecule has 0 bridgehead atoms. The van der Waals surface area contributed by atoms with Crippen molar-refractivity contribution in [2.24, 2.45) is 0 Å². The zero-order valence-electron chi connectivity index (χ0n) is 51.4. The highest BCUT2D eigenvalue weighted by atomic mass is 35.5. The highest BCUT2D eigenvalue weighted by molar-refractivity contribution is 7.88. The molecule has 0 unspecified atom stereocenters. The minimum Gasteiger partial charge on any atom is -0.368 e. The number of aromatic nitrogens is 4. The number of likely N-dealkylation sites (N-methyl/N-ethyl adjacent to an activating group) is 1. The van der Waals surface area contributed by atoms with Crippen molar-refractivity contribution in [2.75, 3.05) is 157 Å². The summed E-state index contributed by atoms with van der Waals surface area (Å²) in [7, 11) is -2.59. The molecule has 0 atom stereocenters. The van der Waals surface area contributed by atoms with E-state index in [1.165, 1.54) is 72.2 Å². The Bertz CT molecular complexity index is 3880. The average Bonchev–Trinajstić information content (AvgIpc) is 3.03. The Morgan fingerprint density at radius 3 is 1.29 bits per heavy atom. The molecular weight excluding hydrogens is 1170 g/mol. The summed E-state index contributed by atoms with van der Waals surface area (Å²) in [6.45, 7) is 25.0. The van der Waals surface area contributed by atoms with Gasteiger partial charge in [-0.2, -0.15) is 8.61 Å². The lowest BCUT2D eigenvalue weighted by molar-refractivity contribution is -0.130. The Labute approximate surface area is 517 Å². The number of fused-ring (bicyclic) bond motifs is 4. The maximum absolute atomic E-state index is 11.8. The van der Waals surface area contributed by atoms with E-state index in [9.17, 15) is 26.4 Å². The van der Waals surface area contributed by atoms with Gasteiger partial charge in [0.25, 0.3) is 0 Å². The van der Waals surface area contributed by atoms with Gasteiger partial charge >= 0.3 is 0 Å². The van der Waals surface area contributed by atoms with Crippen molar-refractivity contribution >= 4 is 121 Å². The third kappa shape index (κ3) is 15.3. The average molecular weight is 1260 g/mol. The van der Waals surface area contributed by atoms with Crippen LogP contribution in [0.25, 0.3) is 43.6 Å². The van der Waals surface area contributed by atoms with Crippen molar-refractivity contribution in [3.63, 3.8) is 0 Å². The molecule has 4 fully saturated rings. The van der Waals surface area contributed by atoms with Crippen molar-refractivity contribution in [2.45, 2.75) is 53.4 Å². The van der Waals surface area contributed by atoms with Crippen LogP contribution in [0.3, 0.4) is 0 Å². The van der Waals surface area contributed by atoms with Gasteiger partial charge in [-0.05, 0) is 102 Å². The van der Waals surface area contributed by atoms with E-state index in [1.54, 1.807) is 30.2 Å². The van der Waals surface area contributed by atoms with Crippen molar-refractivity contribution in [1.29, 1.82) is 0 Å². The van der Waals surface area contributed by atoms with Crippen LogP contribution >= 0.6 is 23.2 Å². The predicted octanol–water partition coefficient (Wildman–Crippen LogP) is 9.58. The maximum atomic E-state index is 11.8. The van der Waals surface area contributed by atoms with Gasteiger partial charge in [-0.15, -0.1) is 0 Å². The van der Waals surface area contributed by atoms with Gasteiger partial charge in [0.15, 0.2) is 0 Å². The first-order valence-electron chi connectivity index (χ1n) is 29.7. The lowest BCUT2D eigenvalue weighted by atomic mass is 10.00. The normalized spacial score (nSPS) is 16.8. The maximum Gasteiger partial charge on any atom is 0.236 e. The fraction of sp³-hybridized carbons (Fsp3) is 0.460. The van der Waals surface area contributed by atoms with Gasteiger partial charge in [-0.1, -0.05) is 50.9 Å². The molecular formula is C63H85Cl2N13O6S2. The standard InChI is InChI=1S/C17H23N3O.C16H21ClN4O.C16H23N3O2S.C14H18ClN3O2S/c1-12(2)14-10-16-15(4-5-18-16)17(11-14)20-8-6-19(7-9-20)13(3)21;1-19(2)16(22)11-20-5-7-21(8-6-20)15-10-12(17)9-14-13(15)3-4-18-14;1-12(2)13-10-15-14(4-5-17-15)16(11-13)18-6-8-19(9-7-18)22(3,20)21;1-10-9-16-12-7-11(15)8-13(14(10)12)17-3-5-18(6-4-17)21(2,19)20/h4-5,10-12,18H,6-9H2,1-3H3;3-4,9-10,18H,5-8,11H2,1-2H3;4-5,10-12,17H,6-9H2,1-3H3;7-9,16H,3-6H2,1-2H3. The highest BCUT2D eigenvalue weighted by Crippen LogP contribution is 2.36. The van der Waals surface area contributed by atoms with Crippen LogP contribution in [0.15, 0.2) is 91.5 Å². The first-order chi connectivity index (χ1) is 40.8. The number of aromatic amines is 4. The van der Waals surface area contributed by atoms with E-state index in [0.717, 1.165) is 98.1 Å². The van der Waals surface area contributed by atoms with Gasteiger partial charge in [0.1, 0.15) is 0 Å². The minimum atomic E-state index is -3.11. The zero-order valence-corrected chi connectivity index (χ0v) is 54.5. The van der Waals surface area contributed by atoms with E-state index >= 15 is 0 Å². The molecule has 19 nitrogen and oxygen atoms in total. The van der Waals surface area contributed by atoms with E-state index in [4.69, 9.17) is 23.2 Å². The number of carbonyl (C=O) groups excluding carboxylic acids is 2. The lowest BCUT2D eigenvalue weighted by Gasteiger charge is -2.36. The first-order valence-corrected chi connectivity index (χ1v) is 34.1. The topological polar surface area (TPSA) is 195 Å². The van der Waals surface area contributed by atoms with Crippen LogP contribution in [-0.4, -0.2) is 210 Å². The molecule has 464 valence electrons. The molecule has 0 radical (unpaired) electrons. The van der Waals surface area contributed by atoms with Crippen LogP contribution in [0.2, 0.25) is 10.0 Å². The number of hydrogen-bond donors (Lipinski definition) is 4. The lowest BCUT2D eigenvalue weighted by Crippen LogP contribution is -2.49. The molecule has 0 aliphatic carbocycles. The number of piperazine rings is 4. The molecule has 86 heavy (non-hydrogen) atoms. The number of H-pyrrole nitrogens is 4. The number of carbonyl (C=O) groups is 2. The number of nitrogens with one attached hydrogen (secondary N) is 4. The number of sulfonamides is 2. The fourth-order valence-electron chi connectivity index (χ4n) is 11.8. The van der Waals surface area contributed by atoms with E-state index in [-0.39, 0.29) is 11.8 Å². The van der Waals surface area contributed by atoms with E-state index < -0.39 is 20.0 Å². The summed E-state index contributed by atoms with van der Waals surface area (Å²) in [4.78, 5) is 51.3. The van der Waals surface area contributed by atoms with Crippen molar-refractivity contribution in [1.82, 2.24) is 43.2 Å². The van der Waals surface area contributed by atoms with E-state index in [2.05, 4.69) is 122 Å². The van der Waals surface area contributed by atoms with Gasteiger partial charge in [-0.25, -0.2) is 16.8 Å². The third-order valence-corrected chi connectivity index (χ3v) is 20.0. The Morgan fingerprint density at radius 1 is 0.512 bits per heavy atom. The second-order valence-corrected chi connectivity index (χ2v) is 28.6. The second-order valence-electron chi connectivity index (χ2n) is 23.8. The SMILES string of the molecule is CC(=O)N1CCN(c2cc(C(C)C)cc3[nH]ccc23)CC1.CC(C)c1cc(N2CCN(S(C)(=O)=O)CC2)c2cc[nH]c2c1.CN(C)C(=O)CN1CCN(c2cc(Cl)cc3[nH]ccc23)CC1.Cc1c[nH]c2cc(Cl)cc(N3CCN(S(C)(=O)=O)CC3)c12. The van der Waals surface area contributed by atoms with Crippen molar-refractivity contribution in [3.05, 3.63) is 118 Å². The summed E-state index contributed by atoms with van der Waals surface area (Å²) in [6.07, 6.45) is 10.4. The summed E-state index contributed by atoms with van der Waals surface area (Å²) < 4.78 is 49.6. The van der Waals surface area contributed by atoms with Crippen LogP contribution in [0.4, 0.5) is 22.7 Å². The van der Waals surface area contributed by atoms with Crippen LogP contribution in [0.1, 0.15) is 63.1 Å². The number of aryl methyl sites for hydroxylation is 1. The molecule has 8 aromatic rings. The molecule has 12 rings (SSSR count). The summed E-state index contributed by atoms with van der Waals surface area (Å²) >= 11 is 12.4. The van der Waals surface area contributed by atoms with Crippen LogP contribution in [0, 0.1) is 6.92 Å². The Hall–Kier alpha value is -6.46. The second kappa shape index (κ2) is 27.3. The Balaban J connectivity index is 0.000000137. The van der Waals surface area contributed by atoms with E-state index in [1.807, 2.05) is 54.0 Å². The number of amides is 2. The number of rotatable bonds is 10. The largest absolute Gasteiger partial charge is 0.368 e. The zero-order chi connectivity index (χ0) is 61.8. The number of hydrogen-bond acceptors (Lipinski definition) is 11. The van der Waals surface area contributed by atoms with Crippen LogP contribution < -0.4 is 19.6 Å².